The van der Waals surface area contributed by atoms with Gasteiger partial charge in [0, 0.05) is 30.6 Å². The minimum absolute atomic E-state index is 0.100. The van der Waals surface area contributed by atoms with Gasteiger partial charge in [-0.1, -0.05) is 13.8 Å². The zero-order chi connectivity index (χ0) is 17.8. The molecule has 3 heterocycles. The van der Waals surface area contributed by atoms with Gasteiger partial charge in [0.25, 0.3) is 0 Å². The molecule has 0 aromatic carbocycles. The Balaban J connectivity index is 1.53. The van der Waals surface area contributed by atoms with Crippen LogP contribution in [0.15, 0.2) is 21.2 Å². The van der Waals surface area contributed by atoms with Crippen molar-refractivity contribution >= 4 is 17.2 Å². The zero-order valence-corrected chi connectivity index (χ0v) is 16.0. The van der Waals surface area contributed by atoms with Gasteiger partial charge in [-0.25, -0.2) is 4.98 Å². The van der Waals surface area contributed by atoms with Crippen LogP contribution < -0.4 is 0 Å². The molecule has 25 heavy (non-hydrogen) atoms. The van der Waals surface area contributed by atoms with Crippen molar-refractivity contribution in [3.8, 4) is 11.5 Å². The Morgan fingerprint density at radius 2 is 2.36 bits per heavy atom. The molecule has 6 heteroatoms. The second-order valence-electron chi connectivity index (χ2n) is 7.01. The number of likely N-dealkylation sites (tertiary alicyclic amines) is 1. The number of carbonyl (C=O) groups is 1. The highest BCUT2D eigenvalue weighted by Crippen LogP contribution is 2.24. The molecule has 5 nitrogen and oxygen atoms in total. The smallest absolute Gasteiger partial charge is 0.228 e. The molecule has 1 atom stereocenters. The minimum atomic E-state index is 0.100. The van der Waals surface area contributed by atoms with E-state index in [0.717, 1.165) is 43.0 Å². The van der Waals surface area contributed by atoms with Crippen LogP contribution in [0.25, 0.3) is 11.5 Å². The number of ether oxygens (including phenoxy) is 1. The molecule has 3 rings (SSSR count). The molecule has 1 fully saturated rings. The molecule has 1 saturated heterocycles. The van der Waals surface area contributed by atoms with Crippen molar-refractivity contribution < 1.29 is 13.9 Å². The molecular weight excluding hydrogens is 336 g/mol. The first-order valence-electron chi connectivity index (χ1n) is 8.91. The Bertz CT molecular complexity index is 694. The molecule has 0 unspecified atom stereocenters. The van der Waals surface area contributed by atoms with Crippen LogP contribution in [-0.4, -0.2) is 41.6 Å². The number of oxazole rings is 1. The summed E-state index contributed by atoms with van der Waals surface area (Å²) in [5, 5.41) is 3.99. The Hall–Kier alpha value is -1.66. The maximum Gasteiger partial charge on any atom is 0.228 e. The number of rotatable bonds is 7. The average molecular weight is 362 g/mol. The first kappa shape index (κ1) is 18.1. The van der Waals surface area contributed by atoms with Gasteiger partial charge in [-0.3, -0.25) is 4.79 Å². The van der Waals surface area contributed by atoms with Gasteiger partial charge in [-0.15, -0.1) is 0 Å². The lowest BCUT2D eigenvalue weighted by Crippen LogP contribution is -2.31. The number of aryl methyl sites for hydroxylation is 1. The summed E-state index contributed by atoms with van der Waals surface area (Å²) in [5.74, 6) is 2.06. The molecule has 0 saturated carbocycles. The van der Waals surface area contributed by atoms with Crippen molar-refractivity contribution in [2.45, 2.75) is 46.1 Å². The van der Waals surface area contributed by atoms with Gasteiger partial charge in [-0.05, 0) is 37.1 Å². The lowest BCUT2D eigenvalue weighted by Gasteiger charge is -2.16. The average Bonchev–Trinajstić information content (AvgIpc) is 3.28. The number of aromatic nitrogens is 1. The Kier molecular flexibility index (Phi) is 5.91. The van der Waals surface area contributed by atoms with Crippen LogP contribution in [-0.2, 0) is 16.0 Å². The lowest BCUT2D eigenvalue weighted by molar-refractivity contribution is -0.130. The van der Waals surface area contributed by atoms with E-state index >= 15 is 0 Å². The van der Waals surface area contributed by atoms with Crippen molar-refractivity contribution in [1.29, 1.82) is 0 Å². The standard InChI is InChI=1S/C19H26N2O3S/c1-13(2)5-8-23-16-4-7-21(11-16)18(22)10-17-14(3)24-19(20-17)15-6-9-25-12-15/h6,9,12-13,16H,4-5,7-8,10-11H2,1-3H3/t16-/m1/s1. The minimum Gasteiger partial charge on any atom is -0.441 e. The summed E-state index contributed by atoms with van der Waals surface area (Å²) in [7, 11) is 0. The van der Waals surface area contributed by atoms with Gasteiger partial charge >= 0.3 is 0 Å². The van der Waals surface area contributed by atoms with E-state index in [0.29, 0.717) is 18.4 Å². The second kappa shape index (κ2) is 8.15. The van der Waals surface area contributed by atoms with E-state index in [9.17, 15) is 4.79 Å². The summed E-state index contributed by atoms with van der Waals surface area (Å²) in [6, 6.07) is 1.97. The first-order valence-corrected chi connectivity index (χ1v) is 9.85. The number of carbonyl (C=O) groups excluding carboxylic acids is 1. The molecule has 2 aromatic rings. The number of hydrogen-bond acceptors (Lipinski definition) is 5. The molecule has 0 bridgehead atoms. The maximum atomic E-state index is 12.6. The predicted molar refractivity (Wildman–Crippen MR) is 98.6 cm³/mol. The molecule has 0 aliphatic carbocycles. The van der Waals surface area contributed by atoms with Crippen molar-refractivity contribution in [1.82, 2.24) is 9.88 Å². The summed E-state index contributed by atoms with van der Waals surface area (Å²) in [5.41, 5.74) is 1.70. The molecular formula is C19H26N2O3S. The van der Waals surface area contributed by atoms with E-state index in [1.165, 1.54) is 0 Å². The van der Waals surface area contributed by atoms with Crippen LogP contribution in [0.3, 0.4) is 0 Å². The number of nitrogens with zero attached hydrogens (tertiary/aromatic N) is 2. The fourth-order valence-electron chi connectivity index (χ4n) is 2.92. The normalized spacial score (nSPS) is 17.6. The van der Waals surface area contributed by atoms with Gasteiger partial charge in [0.15, 0.2) is 0 Å². The van der Waals surface area contributed by atoms with Crippen LogP contribution in [0.5, 0.6) is 0 Å². The van der Waals surface area contributed by atoms with Crippen molar-refractivity contribution in [3.05, 3.63) is 28.3 Å². The molecule has 2 aromatic heterocycles. The van der Waals surface area contributed by atoms with Crippen molar-refractivity contribution in [2.75, 3.05) is 19.7 Å². The molecule has 1 aliphatic rings. The van der Waals surface area contributed by atoms with E-state index in [4.69, 9.17) is 9.15 Å². The Morgan fingerprint density at radius 3 is 3.08 bits per heavy atom. The highest BCUT2D eigenvalue weighted by Gasteiger charge is 2.28. The van der Waals surface area contributed by atoms with Gasteiger partial charge in [-0.2, -0.15) is 11.3 Å². The third-order valence-corrected chi connectivity index (χ3v) is 5.21. The predicted octanol–water partition coefficient (Wildman–Crippen LogP) is 3.92. The monoisotopic (exact) mass is 362 g/mol. The maximum absolute atomic E-state index is 12.6. The number of amides is 1. The first-order chi connectivity index (χ1) is 12.0. The van der Waals surface area contributed by atoms with Crippen LogP contribution in [0, 0.1) is 12.8 Å². The summed E-state index contributed by atoms with van der Waals surface area (Å²) in [4.78, 5) is 19.0. The summed E-state index contributed by atoms with van der Waals surface area (Å²) in [6.45, 7) is 8.48. The largest absolute Gasteiger partial charge is 0.441 e. The lowest BCUT2D eigenvalue weighted by atomic mass is 10.1. The van der Waals surface area contributed by atoms with E-state index in [1.54, 1.807) is 11.3 Å². The molecule has 136 valence electrons. The van der Waals surface area contributed by atoms with E-state index in [2.05, 4.69) is 18.8 Å². The van der Waals surface area contributed by atoms with Gasteiger partial charge in [0.1, 0.15) is 5.76 Å². The fraction of sp³-hybridized carbons (Fsp3) is 0.579. The third kappa shape index (κ3) is 4.70. The third-order valence-electron chi connectivity index (χ3n) is 4.53. The highest BCUT2D eigenvalue weighted by molar-refractivity contribution is 7.08. The second-order valence-corrected chi connectivity index (χ2v) is 7.79. The van der Waals surface area contributed by atoms with Crippen LogP contribution in [0.4, 0.5) is 0 Å². The topological polar surface area (TPSA) is 55.6 Å². The summed E-state index contributed by atoms with van der Waals surface area (Å²) < 4.78 is 11.6. The van der Waals surface area contributed by atoms with Crippen LogP contribution in [0.2, 0.25) is 0 Å². The number of thiophene rings is 1. The Morgan fingerprint density at radius 1 is 1.52 bits per heavy atom. The molecule has 1 amide bonds. The highest BCUT2D eigenvalue weighted by atomic mass is 32.1. The Labute approximate surface area is 153 Å². The van der Waals surface area contributed by atoms with Gasteiger partial charge < -0.3 is 14.1 Å². The van der Waals surface area contributed by atoms with Crippen LogP contribution >= 0.6 is 11.3 Å². The molecule has 0 N–H and O–H groups in total. The van der Waals surface area contributed by atoms with Gasteiger partial charge in [0.2, 0.25) is 11.8 Å². The van der Waals surface area contributed by atoms with Gasteiger partial charge in [0.05, 0.1) is 18.2 Å². The van der Waals surface area contributed by atoms with E-state index in [1.807, 2.05) is 28.7 Å². The SMILES string of the molecule is Cc1oc(-c2ccsc2)nc1CC(=O)N1CC[C@@H](OCCC(C)C)C1. The van der Waals surface area contributed by atoms with E-state index < -0.39 is 0 Å². The zero-order valence-electron chi connectivity index (χ0n) is 15.2. The molecule has 0 spiro atoms. The molecule has 1 aliphatic heterocycles. The van der Waals surface area contributed by atoms with Crippen LogP contribution in [0.1, 0.15) is 38.1 Å². The van der Waals surface area contributed by atoms with E-state index in [-0.39, 0.29) is 18.4 Å². The number of hydrogen-bond donors (Lipinski definition) is 0. The fourth-order valence-corrected chi connectivity index (χ4v) is 3.55. The van der Waals surface area contributed by atoms with Crippen molar-refractivity contribution in [3.63, 3.8) is 0 Å². The quantitative estimate of drug-likeness (QED) is 0.749. The summed E-state index contributed by atoms with van der Waals surface area (Å²) >= 11 is 1.60. The molecule has 0 radical (unpaired) electrons. The van der Waals surface area contributed by atoms with Crippen molar-refractivity contribution in [2.24, 2.45) is 5.92 Å². The summed E-state index contributed by atoms with van der Waals surface area (Å²) in [6.07, 6.45) is 2.44.